The van der Waals surface area contributed by atoms with Crippen molar-refractivity contribution in [3.05, 3.63) is 123 Å². The van der Waals surface area contributed by atoms with Gasteiger partial charge in [-0.25, -0.2) is 0 Å². The third-order valence-corrected chi connectivity index (χ3v) is 5.61. The average molecular weight is 889 g/mol. The Hall–Kier alpha value is -3.60. The van der Waals surface area contributed by atoms with Crippen LogP contribution in [0.25, 0.3) is 11.4 Å². The summed E-state index contributed by atoms with van der Waals surface area (Å²) in [5.41, 5.74) is 2.70. The molecule has 0 fully saturated rings. The molecule has 2 aromatic carbocycles. The minimum absolute atomic E-state index is 0. The molecule has 10 heteroatoms. The number of hydrogen-bond donors (Lipinski definition) is 0. The molecule has 0 radical (unpaired) electrons. The van der Waals surface area contributed by atoms with Crippen molar-refractivity contribution in [2.75, 3.05) is 23.9 Å². The summed E-state index contributed by atoms with van der Waals surface area (Å²) in [6, 6.07) is 27.8. The summed E-state index contributed by atoms with van der Waals surface area (Å²) in [7, 11) is 3.93. The van der Waals surface area contributed by atoms with Crippen molar-refractivity contribution in [2.45, 2.75) is 0 Å². The third-order valence-electron chi connectivity index (χ3n) is 5.61. The van der Waals surface area contributed by atoms with Crippen LogP contribution in [0.1, 0.15) is 0 Å². The first-order valence-electron chi connectivity index (χ1n) is 11.8. The quantitative estimate of drug-likeness (QED) is 0.223. The van der Waals surface area contributed by atoms with E-state index in [1.165, 1.54) is 0 Å². The van der Waals surface area contributed by atoms with Crippen LogP contribution in [0.4, 0.5) is 11.4 Å². The van der Waals surface area contributed by atoms with E-state index in [-0.39, 0.29) is 42.1 Å². The van der Waals surface area contributed by atoms with Crippen LogP contribution in [0.15, 0.2) is 85.7 Å². The Morgan fingerprint density at radius 3 is 1.40 bits per heavy atom. The third kappa shape index (κ3) is 6.93. The van der Waals surface area contributed by atoms with E-state index in [0.29, 0.717) is 34.4 Å². The van der Waals surface area contributed by atoms with E-state index in [1.54, 1.807) is 24.5 Å². The molecule has 0 unspecified atom stereocenters. The van der Waals surface area contributed by atoms with Gasteiger partial charge < -0.3 is 39.0 Å². The molecular weight excluding hydrogens is 867 g/mol. The molecule has 2 aliphatic rings. The Labute approximate surface area is 263 Å². The molecule has 0 N–H and O–H groups in total. The zero-order valence-corrected chi connectivity index (χ0v) is 25.9. The van der Waals surface area contributed by atoms with Crippen LogP contribution >= 0.6 is 0 Å². The zero-order valence-electron chi connectivity index (χ0n) is 21.4. The Morgan fingerprint density at radius 2 is 1.00 bits per heavy atom. The molecule has 0 saturated carbocycles. The van der Waals surface area contributed by atoms with Crippen molar-refractivity contribution in [1.29, 1.82) is 0 Å². The number of aromatic nitrogens is 2. The van der Waals surface area contributed by atoms with Crippen molar-refractivity contribution >= 4 is 11.4 Å². The molecule has 2 aromatic heterocycles. The van der Waals surface area contributed by atoms with Gasteiger partial charge in [0.15, 0.2) is 0 Å². The van der Waals surface area contributed by atoms with Crippen LogP contribution in [0.3, 0.4) is 0 Å². The SMILES string of the molecule is CN1C=CN(c2[c-]c(Oc3[c-]c(-c4[c-]c(Oc5[c-]c(N6C=CN(C)[CH-]6)ccc5)ccn4)ncc3)ccc2)[CH-]1.[Pt].[Pt]. The van der Waals surface area contributed by atoms with Gasteiger partial charge in [-0.2, -0.15) is 37.6 Å². The zero-order chi connectivity index (χ0) is 25.9. The van der Waals surface area contributed by atoms with Crippen molar-refractivity contribution in [1.82, 2.24) is 19.8 Å². The maximum atomic E-state index is 6.04. The van der Waals surface area contributed by atoms with Gasteiger partial charge in [0.2, 0.25) is 0 Å². The van der Waals surface area contributed by atoms with E-state index >= 15 is 0 Å². The van der Waals surface area contributed by atoms with Crippen molar-refractivity contribution in [3.63, 3.8) is 0 Å². The van der Waals surface area contributed by atoms with Gasteiger partial charge in [0.05, 0.1) is 0 Å². The summed E-state index contributed by atoms with van der Waals surface area (Å²) in [6.45, 7) is 3.91. The molecule has 0 bridgehead atoms. The molecule has 0 saturated heterocycles. The molecule has 8 nitrogen and oxygen atoms in total. The van der Waals surface area contributed by atoms with Crippen LogP contribution in [0.2, 0.25) is 0 Å². The number of hydrogen-bond acceptors (Lipinski definition) is 8. The minimum atomic E-state index is 0. The Balaban J connectivity index is 0.00000185. The Kier molecular flexibility index (Phi) is 9.67. The molecule has 0 spiro atoms. The average Bonchev–Trinajstić information content (AvgIpc) is 3.58. The molecule has 210 valence electrons. The smallest absolute Gasteiger partial charge is 0.0145 e. The second-order valence-electron chi connectivity index (χ2n) is 8.54. The molecule has 0 amide bonds. The van der Waals surface area contributed by atoms with Crippen molar-refractivity contribution in [3.8, 4) is 34.4 Å². The first kappa shape index (κ1) is 29.4. The van der Waals surface area contributed by atoms with Gasteiger partial charge in [0.1, 0.15) is 0 Å². The van der Waals surface area contributed by atoms with Gasteiger partial charge in [-0.1, -0.05) is 0 Å². The largest absolute Gasteiger partial charge is 0.510 e. The number of benzene rings is 2. The van der Waals surface area contributed by atoms with Crippen molar-refractivity contribution in [2.24, 2.45) is 0 Å². The minimum Gasteiger partial charge on any atom is -0.510 e. The molecule has 0 atom stereocenters. The maximum Gasteiger partial charge on any atom is 0.0145 e. The van der Waals surface area contributed by atoms with E-state index in [2.05, 4.69) is 34.2 Å². The summed E-state index contributed by atoms with van der Waals surface area (Å²) in [4.78, 5) is 16.7. The topological polar surface area (TPSA) is 57.2 Å². The Bertz CT molecular complexity index is 1400. The molecule has 4 heterocycles. The van der Waals surface area contributed by atoms with Gasteiger partial charge in [0, 0.05) is 65.1 Å². The van der Waals surface area contributed by atoms with E-state index in [1.807, 2.05) is 108 Å². The van der Waals surface area contributed by atoms with Crippen LogP contribution in [0, 0.1) is 37.6 Å². The standard InChI is InChI=1S/C30H22N6O2.2Pt/c1-33-13-15-35(21-33)23-5-3-7-25(17-23)37-27-9-11-31-29(19-27)30-20-28(10-12-32-30)38-26-8-4-6-24(18-26)36-16-14-34(2)22-36;;/h3-16,21-22H,1-2H3;;/q-6;;. The number of pyridine rings is 2. The molecule has 0 aliphatic carbocycles. The van der Waals surface area contributed by atoms with E-state index < -0.39 is 0 Å². The van der Waals surface area contributed by atoms with E-state index in [4.69, 9.17) is 9.47 Å². The van der Waals surface area contributed by atoms with Crippen LogP contribution in [0.5, 0.6) is 23.0 Å². The molecular formula is C30H22N6O2Pt2-6. The number of rotatable bonds is 7. The molecule has 2 aliphatic heterocycles. The summed E-state index contributed by atoms with van der Waals surface area (Å²) in [6.07, 6.45) is 11.1. The second kappa shape index (κ2) is 13.2. The summed E-state index contributed by atoms with van der Waals surface area (Å²) < 4.78 is 12.1. The maximum absolute atomic E-state index is 6.04. The van der Waals surface area contributed by atoms with Gasteiger partial charge >= 0.3 is 0 Å². The number of nitrogens with zero attached hydrogens (tertiary/aromatic N) is 6. The van der Waals surface area contributed by atoms with Gasteiger partial charge in [-0.3, -0.25) is 0 Å². The summed E-state index contributed by atoms with van der Waals surface area (Å²) in [5.74, 6) is 2.11. The molecule has 6 rings (SSSR count). The van der Waals surface area contributed by atoms with Crippen molar-refractivity contribution < 1.29 is 51.6 Å². The predicted octanol–water partition coefficient (Wildman–Crippen LogP) is 5.61. The number of ether oxygens (including phenoxy) is 2. The van der Waals surface area contributed by atoms with Crippen LogP contribution in [-0.4, -0.2) is 33.9 Å². The fraction of sp³-hybridized carbons (Fsp3) is 0.0667. The fourth-order valence-corrected chi connectivity index (χ4v) is 3.82. The second-order valence-corrected chi connectivity index (χ2v) is 8.54. The van der Waals surface area contributed by atoms with Crippen LogP contribution in [-0.2, 0) is 42.1 Å². The fourth-order valence-electron chi connectivity index (χ4n) is 3.82. The van der Waals surface area contributed by atoms with Gasteiger partial charge in [-0.05, 0) is 51.3 Å². The normalized spacial score (nSPS) is 13.8. The van der Waals surface area contributed by atoms with Crippen LogP contribution < -0.4 is 19.3 Å². The van der Waals surface area contributed by atoms with E-state index in [0.717, 1.165) is 11.4 Å². The predicted molar refractivity (Wildman–Crippen MR) is 143 cm³/mol. The first-order valence-corrected chi connectivity index (χ1v) is 11.8. The molecule has 4 aromatic rings. The van der Waals surface area contributed by atoms with Gasteiger partial charge in [-0.15, -0.1) is 71.3 Å². The first-order chi connectivity index (χ1) is 18.6. The van der Waals surface area contributed by atoms with E-state index in [9.17, 15) is 0 Å². The van der Waals surface area contributed by atoms with Gasteiger partial charge in [0.25, 0.3) is 0 Å². The molecule has 40 heavy (non-hydrogen) atoms. The Morgan fingerprint density at radius 1 is 0.575 bits per heavy atom. The summed E-state index contributed by atoms with van der Waals surface area (Å²) >= 11 is 0. The summed E-state index contributed by atoms with van der Waals surface area (Å²) in [5, 5.41) is 0. The number of anilines is 2. The monoisotopic (exact) mass is 888 g/mol.